The van der Waals surface area contributed by atoms with Gasteiger partial charge >= 0.3 is 0 Å². The van der Waals surface area contributed by atoms with Gasteiger partial charge in [-0.3, -0.25) is 0 Å². The molecule has 0 amide bonds. The van der Waals surface area contributed by atoms with Crippen molar-refractivity contribution < 1.29 is 14.0 Å². The summed E-state index contributed by atoms with van der Waals surface area (Å²) in [6.45, 7) is 0. The van der Waals surface area contributed by atoms with E-state index in [9.17, 15) is 9.50 Å². The lowest BCUT2D eigenvalue weighted by Crippen LogP contribution is -1.86. The Bertz CT molecular complexity index is 759. The molecule has 2 heterocycles. The first-order valence-electron chi connectivity index (χ1n) is 5.58. The molecule has 0 atom stereocenters. The number of hydrogen-bond acceptors (Lipinski definition) is 5. The second-order valence-electron chi connectivity index (χ2n) is 3.95. The molecule has 0 bridgehead atoms. The molecular weight excluding hydrogens is 329 g/mol. The number of aromatic nitrogens is 3. The maximum atomic E-state index is 12.8. The first kappa shape index (κ1) is 12.7. The van der Waals surface area contributed by atoms with Crippen molar-refractivity contribution in [3.63, 3.8) is 0 Å². The van der Waals surface area contributed by atoms with Crippen LogP contribution in [0, 0.1) is 5.82 Å². The van der Waals surface area contributed by atoms with E-state index < -0.39 is 5.82 Å². The molecule has 0 aliphatic heterocycles. The fraction of sp³-hybridized carbons (Fsp3) is 0. The Kier molecular flexibility index (Phi) is 3.19. The Balaban J connectivity index is 1.99. The van der Waals surface area contributed by atoms with Crippen LogP contribution in [-0.4, -0.2) is 20.2 Å². The SMILES string of the molecule is Oc1cc(Br)ccc1-c1nc(-c2ccc(F)cn2)no1. The van der Waals surface area contributed by atoms with Crippen LogP contribution in [0.2, 0.25) is 0 Å². The van der Waals surface area contributed by atoms with Crippen LogP contribution in [0.1, 0.15) is 0 Å². The van der Waals surface area contributed by atoms with E-state index >= 15 is 0 Å². The largest absolute Gasteiger partial charge is 0.507 e. The van der Waals surface area contributed by atoms with E-state index in [1.807, 2.05) is 0 Å². The van der Waals surface area contributed by atoms with Crippen LogP contribution in [0.4, 0.5) is 4.39 Å². The van der Waals surface area contributed by atoms with E-state index in [2.05, 4.69) is 31.1 Å². The van der Waals surface area contributed by atoms with Gasteiger partial charge in [-0.25, -0.2) is 9.37 Å². The summed E-state index contributed by atoms with van der Waals surface area (Å²) in [6, 6.07) is 7.63. The monoisotopic (exact) mass is 335 g/mol. The predicted octanol–water partition coefficient (Wildman–Crippen LogP) is 3.41. The average Bonchev–Trinajstić information content (AvgIpc) is 2.89. The van der Waals surface area contributed by atoms with Gasteiger partial charge in [0.05, 0.1) is 11.8 Å². The Labute approximate surface area is 121 Å². The molecule has 3 aromatic rings. The minimum absolute atomic E-state index is 0.0154. The summed E-state index contributed by atoms with van der Waals surface area (Å²) < 4.78 is 18.6. The standard InChI is InChI=1S/C13H7BrFN3O2/c14-7-1-3-9(11(19)5-7)13-17-12(18-20-13)10-4-2-8(15)6-16-10/h1-6,19H. The highest BCUT2D eigenvalue weighted by molar-refractivity contribution is 9.10. The topological polar surface area (TPSA) is 72.0 Å². The quantitative estimate of drug-likeness (QED) is 0.776. The van der Waals surface area contributed by atoms with E-state index in [1.54, 1.807) is 12.1 Å². The third-order valence-corrected chi connectivity index (χ3v) is 3.07. The maximum Gasteiger partial charge on any atom is 0.262 e. The maximum absolute atomic E-state index is 12.8. The van der Waals surface area contributed by atoms with Gasteiger partial charge in [0, 0.05) is 4.47 Å². The zero-order chi connectivity index (χ0) is 14.1. The highest BCUT2D eigenvalue weighted by Gasteiger charge is 2.14. The zero-order valence-electron chi connectivity index (χ0n) is 9.92. The second-order valence-corrected chi connectivity index (χ2v) is 4.86. The molecule has 20 heavy (non-hydrogen) atoms. The molecule has 0 saturated carbocycles. The first-order chi connectivity index (χ1) is 9.63. The lowest BCUT2D eigenvalue weighted by molar-refractivity contribution is 0.425. The molecule has 0 saturated heterocycles. The molecule has 1 aromatic carbocycles. The van der Waals surface area contributed by atoms with Gasteiger partial charge in [-0.1, -0.05) is 21.1 Å². The van der Waals surface area contributed by atoms with Crippen LogP contribution in [0.3, 0.4) is 0 Å². The van der Waals surface area contributed by atoms with Gasteiger partial charge in [0.25, 0.3) is 5.89 Å². The van der Waals surface area contributed by atoms with Crippen molar-refractivity contribution in [1.29, 1.82) is 0 Å². The molecule has 0 aliphatic rings. The first-order valence-corrected chi connectivity index (χ1v) is 6.37. The van der Waals surface area contributed by atoms with E-state index in [-0.39, 0.29) is 17.5 Å². The smallest absolute Gasteiger partial charge is 0.262 e. The number of hydrogen-bond donors (Lipinski definition) is 1. The minimum atomic E-state index is -0.442. The Morgan fingerprint density at radius 3 is 2.75 bits per heavy atom. The Morgan fingerprint density at radius 2 is 2.05 bits per heavy atom. The Hall–Kier alpha value is -2.28. The number of rotatable bonds is 2. The van der Waals surface area contributed by atoms with Crippen molar-refractivity contribution in [2.45, 2.75) is 0 Å². The van der Waals surface area contributed by atoms with E-state index in [1.165, 1.54) is 18.2 Å². The number of nitrogens with zero attached hydrogens (tertiary/aromatic N) is 3. The summed E-state index contributed by atoms with van der Waals surface area (Å²) in [5.41, 5.74) is 0.798. The average molecular weight is 336 g/mol. The van der Waals surface area contributed by atoms with E-state index in [4.69, 9.17) is 4.52 Å². The summed E-state index contributed by atoms with van der Waals surface area (Å²) in [5, 5.41) is 13.6. The Morgan fingerprint density at radius 1 is 1.20 bits per heavy atom. The number of phenolic OH excluding ortho intramolecular Hbond substituents is 1. The summed E-state index contributed by atoms with van der Waals surface area (Å²) in [6.07, 6.45) is 1.07. The molecular formula is C13H7BrFN3O2. The van der Waals surface area contributed by atoms with Gasteiger partial charge in [-0.15, -0.1) is 0 Å². The minimum Gasteiger partial charge on any atom is -0.507 e. The summed E-state index contributed by atoms with van der Waals surface area (Å²) in [4.78, 5) is 7.99. The van der Waals surface area contributed by atoms with Gasteiger partial charge in [0.15, 0.2) is 0 Å². The molecule has 0 aliphatic carbocycles. The van der Waals surface area contributed by atoms with Crippen LogP contribution >= 0.6 is 15.9 Å². The van der Waals surface area contributed by atoms with E-state index in [0.29, 0.717) is 11.3 Å². The molecule has 100 valence electrons. The lowest BCUT2D eigenvalue weighted by Gasteiger charge is -1.98. The van der Waals surface area contributed by atoms with Crippen molar-refractivity contribution in [3.05, 3.63) is 46.8 Å². The van der Waals surface area contributed by atoms with Gasteiger partial charge in [0.1, 0.15) is 17.3 Å². The molecule has 0 fully saturated rings. The van der Waals surface area contributed by atoms with Crippen molar-refractivity contribution in [3.8, 4) is 28.7 Å². The lowest BCUT2D eigenvalue weighted by atomic mass is 10.2. The van der Waals surface area contributed by atoms with Crippen LogP contribution in [0.5, 0.6) is 5.75 Å². The normalized spacial score (nSPS) is 10.7. The molecule has 3 rings (SSSR count). The summed E-state index contributed by atoms with van der Waals surface area (Å²) in [5.74, 6) is -0.0388. The third-order valence-electron chi connectivity index (χ3n) is 2.57. The number of benzene rings is 1. The molecule has 0 radical (unpaired) electrons. The van der Waals surface area contributed by atoms with Crippen molar-refractivity contribution >= 4 is 15.9 Å². The molecule has 1 N–H and O–H groups in total. The van der Waals surface area contributed by atoms with Crippen LogP contribution in [0.15, 0.2) is 45.5 Å². The molecule has 0 unspecified atom stereocenters. The molecule has 5 nitrogen and oxygen atoms in total. The molecule has 0 spiro atoms. The summed E-state index contributed by atoms with van der Waals surface area (Å²) in [7, 11) is 0. The zero-order valence-corrected chi connectivity index (χ0v) is 11.5. The highest BCUT2D eigenvalue weighted by Crippen LogP contribution is 2.31. The van der Waals surface area contributed by atoms with Crippen LogP contribution in [-0.2, 0) is 0 Å². The van der Waals surface area contributed by atoms with Gasteiger partial charge in [0.2, 0.25) is 5.82 Å². The number of pyridine rings is 1. The fourth-order valence-corrected chi connectivity index (χ4v) is 1.98. The number of aromatic hydroxyl groups is 1. The predicted molar refractivity (Wildman–Crippen MR) is 72.3 cm³/mol. The number of halogens is 2. The number of phenols is 1. The molecule has 7 heteroatoms. The van der Waals surface area contributed by atoms with Gasteiger partial charge < -0.3 is 9.63 Å². The second kappa shape index (κ2) is 5.01. The summed E-state index contributed by atoms with van der Waals surface area (Å²) >= 11 is 3.25. The van der Waals surface area contributed by atoms with Crippen molar-refractivity contribution in [2.75, 3.05) is 0 Å². The van der Waals surface area contributed by atoms with Crippen molar-refractivity contribution in [2.24, 2.45) is 0 Å². The van der Waals surface area contributed by atoms with Crippen LogP contribution in [0.25, 0.3) is 23.0 Å². The van der Waals surface area contributed by atoms with Gasteiger partial charge in [-0.05, 0) is 30.3 Å². The molecule has 2 aromatic heterocycles. The van der Waals surface area contributed by atoms with Crippen LogP contribution < -0.4 is 0 Å². The van der Waals surface area contributed by atoms with Gasteiger partial charge in [-0.2, -0.15) is 4.98 Å². The highest BCUT2D eigenvalue weighted by atomic mass is 79.9. The van der Waals surface area contributed by atoms with E-state index in [0.717, 1.165) is 10.7 Å². The fourth-order valence-electron chi connectivity index (χ4n) is 1.63. The van der Waals surface area contributed by atoms with Crippen molar-refractivity contribution in [1.82, 2.24) is 15.1 Å². The third kappa shape index (κ3) is 2.39.